The molecule has 0 bridgehead atoms. The molecule has 0 radical (unpaired) electrons. The van der Waals surface area contributed by atoms with Crippen LogP contribution >= 0.6 is 15.9 Å². The number of hydrogen-bond acceptors (Lipinski definition) is 3. The third-order valence-corrected chi connectivity index (χ3v) is 3.92. The minimum absolute atomic E-state index is 0.0407. The van der Waals surface area contributed by atoms with Crippen LogP contribution in [-0.2, 0) is 13.1 Å². The van der Waals surface area contributed by atoms with E-state index in [1.165, 1.54) is 0 Å². The fourth-order valence-electron chi connectivity index (χ4n) is 2.08. The van der Waals surface area contributed by atoms with E-state index in [0.29, 0.717) is 18.7 Å². The van der Waals surface area contributed by atoms with Gasteiger partial charge in [0, 0.05) is 25.4 Å². The molecule has 1 aromatic carbocycles. The number of amides is 1. The Hall–Kier alpha value is -1.82. The second-order valence-electron chi connectivity index (χ2n) is 4.90. The highest BCUT2D eigenvalue weighted by Gasteiger charge is 2.15. The number of nitrogens with zero attached hydrogens (tertiary/aromatic N) is 3. The van der Waals surface area contributed by atoms with Crippen LogP contribution in [0.3, 0.4) is 0 Å². The first-order chi connectivity index (χ1) is 10.5. The van der Waals surface area contributed by atoms with E-state index in [2.05, 4.69) is 21.0 Å². The molecule has 2 rings (SSSR count). The predicted octanol–water partition coefficient (Wildman–Crippen LogP) is 3.34. The smallest absolute Gasteiger partial charge is 0.253 e. The van der Waals surface area contributed by atoms with E-state index >= 15 is 0 Å². The van der Waals surface area contributed by atoms with Gasteiger partial charge in [0.05, 0.1) is 23.3 Å². The molecule has 2 aromatic rings. The van der Waals surface area contributed by atoms with Crippen LogP contribution < -0.4 is 4.74 Å². The zero-order chi connectivity index (χ0) is 16.1. The molecule has 0 unspecified atom stereocenters. The lowest BCUT2D eigenvalue weighted by molar-refractivity contribution is 0.0783. The fraction of sp³-hybridized carbons (Fsp3) is 0.375. The van der Waals surface area contributed by atoms with Crippen molar-refractivity contribution >= 4 is 21.8 Å². The van der Waals surface area contributed by atoms with Crippen molar-refractivity contribution in [2.75, 3.05) is 13.7 Å². The highest BCUT2D eigenvalue weighted by atomic mass is 79.9. The van der Waals surface area contributed by atoms with Gasteiger partial charge in [-0.3, -0.25) is 9.48 Å². The van der Waals surface area contributed by atoms with Crippen LogP contribution in [0.1, 0.15) is 29.9 Å². The Kier molecular flexibility index (Phi) is 5.60. The Labute approximate surface area is 139 Å². The van der Waals surface area contributed by atoms with Crippen LogP contribution in [0.5, 0.6) is 5.75 Å². The number of aryl methyl sites for hydroxylation is 1. The summed E-state index contributed by atoms with van der Waals surface area (Å²) in [6, 6.07) is 7.19. The zero-order valence-corrected chi connectivity index (χ0v) is 14.6. The van der Waals surface area contributed by atoms with Gasteiger partial charge in [-0.25, -0.2) is 0 Å². The Bertz CT molecular complexity index is 637. The number of aromatic nitrogens is 2. The number of ether oxygens (including phenoxy) is 1. The lowest BCUT2D eigenvalue weighted by Gasteiger charge is -2.16. The molecule has 1 heterocycles. The van der Waals surface area contributed by atoms with Crippen molar-refractivity contribution in [1.82, 2.24) is 14.7 Å². The summed E-state index contributed by atoms with van der Waals surface area (Å²) in [6.07, 6.45) is 1.92. The zero-order valence-electron chi connectivity index (χ0n) is 13.0. The summed E-state index contributed by atoms with van der Waals surface area (Å²) in [6.45, 7) is 5.83. The highest BCUT2D eigenvalue weighted by Crippen LogP contribution is 2.18. The minimum Gasteiger partial charge on any atom is -0.494 e. The van der Waals surface area contributed by atoms with Gasteiger partial charge in [-0.2, -0.15) is 5.10 Å². The summed E-state index contributed by atoms with van der Waals surface area (Å²) in [5.41, 5.74) is 1.49. The van der Waals surface area contributed by atoms with Crippen LogP contribution in [0.2, 0.25) is 0 Å². The van der Waals surface area contributed by atoms with E-state index in [0.717, 1.165) is 22.5 Å². The molecular weight excluding hydrogens is 346 g/mol. The number of halogens is 1. The Balaban J connectivity index is 2.06. The monoisotopic (exact) mass is 365 g/mol. The Morgan fingerprint density at radius 3 is 2.55 bits per heavy atom. The number of carbonyl (C=O) groups is 1. The first-order valence-electron chi connectivity index (χ1n) is 7.25. The van der Waals surface area contributed by atoms with Gasteiger partial charge >= 0.3 is 0 Å². The maximum atomic E-state index is 12.4. The molecule has 1 aromatic heterocycles. The molecule has 0 saturated carbocycles. The van der Waals surface area contributed by atoms with Crippen LogP contribution in [0.25, 0.3) is 0 Å². The van der Waals surface area contributed by atoms with Crippen LogP contribution in [0.15, 0.2) is 34.9 Å². The van der Waals surface area contributed by atoms with Gasteiger partial charge < -0.3 is 9.64 Å². The maximum Gasteiger partial charge on any atom is 0.253 e. The standard InChI is InChI=1S/C16H20BrN3O2/c1-4-20-10-14(17)15(18-20)11-19(3)16(21)12-6-8-13(9-7-12)22-5-2/h6-10H,4-5,11H2,1-3H3. The van der Waals surface area contributed by atoms with Crippen molar-refractivity contribution in [2.45, 2.75) is 26.9 Å². The van der Waals surface area contributed by atoms with Crippen molar-refractivity contribution in [3.63, 3.8) is 0 Å². The van der Waals surface area contributed by atoms with Gasteiger partial charge in [-0.05, 0) is 54.0 Å². The fourth-order valence-corrected chi connectivity index (χ4v) is 2.52. The van der Waals surface area contributed by atoms with Crippen molar-refractivity contribution in [3.05, 3.63) is 46.2 Å². The highest BCUT2D eigenvalue weighted by molar-refractivity contribution is 9.10. The second kappa shape index (κ2) is 7.45. The van der Waals surface area contributed by atoms with E-state index < -0.39 is 0 Å². The maximum absolute atomic E-state index is 12.4. The molecule has 0 aliphatic rings. The Morgan fingerprint density at radius 1 is 1.32 bits per heavy atom. The summed E-state index contributed by atoms with van der Waals surface area (Å²) in [5.74, 6) is 0.729. The van der Waals surface area contributed by atoms with E-state index in [-0.39, 0.29) is 5.91 Å². The van der Waals surface area contributed by atoms with Gasteiger partial charge in [0.15, 0.2) is 0 Å². The van der Waals surface area contributed by atoms with Crippen LogP contribution in [0.4, 0.5) is 0 Å². The molecule has 0 saturated heterocycles. The molecule has 22 heavy (non-hydrogen) atoms. The summed E-state index contributed by atoms with van der Waals surface area (Å²) < 4.78 is 8.14. The molecule has 0 aliphatic heterocycles. The van der Waals surface area contributed by atoms with E-state index in [1.807, 2.05) is 36.9 Å². The second-order valence-corrected chi connectivity index (χ2v) is 5.75. The van der Waals surface area contributed by atoms with Crippen LogP contribution in [0, 0.1) is 0 Å². The lowest BCUT2D eigenvalue weighted by atomic mass is 10.2. The number of rotatable bonds is 6. The SMILES string of the molecule is CCOc1ccc(C(=O)N(C)Cc2nn(CC)cc2Br)cc1. The molecule has 0 N–H and O–H groups in total. The first kappa shape index (κ1) is 16.5. The molecule has 0 fully saturated rings. The van der Waals surface area contributed by atoms with Gasteiger partial charge in [-0.15, -0.1) is 0 Å². The molecule has 118 valence electrons. The van der Waals surface area contributed by atoms with Gasteiger partial charge in [0.1, 0.15) is 5.75 Å². The van der Waals surface area contributed by atoms with E-state index in [4.69, 9.17) is 4.74 Å². The number of benzene rings is 1. The van der Waals surface area contributed by atoms with Crippen molar-refractivity contribution in [2.24, 2.45) is 0 Å². The molecule has 0 atom stereocenters. The van der Waals surface area contributed by atoms with Gasteiger partial charge in [-0.1, -0.05) is 0 Å². The minimum atomic E-state index is -0.0407. The molecule has 1 amide bonds. The largest absolute Gasteiger partial charge is 0.494 e. The van der Waals surface area contributed by atoms with Crippen molar-refractivity contribution in [1.29, 1.82) is 0 Å². The molecular formula is C16H20BrN3O2. The average Bonchev–Trinajstić information content (AvgIpc) is 2.88. The molecule has 0 spiro atoms. The summed E-state index contributed by atoms with van der Waals surface area (Å²) in [7, 11) is 1.77. The third-order valence-electron chi connectivity index (χ3n) is 3.26. The summed E-state index contributed by atoms with van der Waals surface area (Å²) >= 11 is 3.48. The van der Waals surface area contributed by atoms with Crippen molar-refractivity contribution in [3.8, 4) is 5.75 Å². The Morgan fingerprint density at radius 2 is 2.00 bits per heavy atom. The van der Waals surface area contributed by atoms with Gasteiger partial charge in [0.2, 0.25) is 0 Å². The third kappa shape index (κ3) is 3.88. The molecule has 6 heteroatoms. The molecule has 5 nitrogen and oxygen atoms in total. The predicted molar refractivity (Wildman–Crippen MR) is 89.0 cm³/mol. The van der Waals surface area contributed by atoms with Crippen LogP contribution in [-0.4, -0.2) is 34.2 Å². The topological polar surface area (TPSA) is 47.4 Å². The van der Waals surface area contributed by atoms with Gasteiger partial charge in [0.25, 0.3) is 5.91 Å². The lowest BCUT2D eigenvalue weighted by Crippen LogP contribution is -2.26. The quantitative estimate of drug-likeness (QED) is 0.788. The van der Waals surface area contributed by atoms with E-state index in [1.54, 1.807) is 24.1 Å². The molecule has 0 aliphatic carbocycles. The summed E-state index contributed by atoms with van der Waals surface area (Å²) in [5, 5.41) is 4.44. The first-order valence-corrected chi connectivity index (χ1v) is 8.04. The number of hydrogen-bond donors (Lipinski definition) is 0. The average molecular weight is 366 g/mol. The van der Waals surface area contributed by atoms with Crippen molar-refractivity contribution < 1.29 is 9.53 Å². The normalized spacial score (nSPS) is 10.5. The van der Waals surface area contributed by atoms with E-state index in [9.17, 15) is 4.79 Å². The summed E-state index contributed by atoms with van der Waals surface area (Å²) in [4.78, 5) is 14.1. The number of carbonyl (C=O) groups excluding carboxylic acids is 1.